The molecular weight excluding hydrogens is 295 g/mol. The molecule has 1 unspecified atom stereocenters. The quantitative estimate of drug-likeness (QED) is 0.816. The van der Waals surface area contributed by atoms with E-state index in [9.17, 15) is 0 Å². The number of hydrogen-bond donors (Lipinski definition) is 1. The van der Waals surface area contributed by atoms with E-state index in [1.165, 1.54) is 0 Å². The lowest BCUT2D eigenvalue weighted by Gasteiger charge is -2.36. The molecule has 1 N–H and O–H groups in total. The van der Waals surface area contributed by atoms with Crippen LogP contribution in [0.3, 0.4) is 0 Å². The van der Waals surface area contributed by atoms with Crippen LogP contribution in [-0.2, 0) is 11.3 Å². The second-order valence-corrected chi connectivity index (χ2v) is 5.90. The molecule has 0 bridgehead atoms. The van der Waals surface area contributed by atoms with E-state index >= 15 is 0 Å². The van der Waals surface area contributed by atoms with Crippen LogP contribution in [0.25, 0.3) is 0 Å². The number of hydrogen-bond acceptors (Lipinski definition) is 3. The van der Waals surface area contributed by atoms with Crippen LogP contribution < -0.4 is 5.32 Å². The smallest absolute Gasteiger partial charge is 0.0637 e. The van der Waals surface area contributed by atoms with Gasteiger partial charge in [-0.25, -0.2) is 0 Å². The van der Waals surface area contributed by atoms with Gasteiger partial charge in [-0.3, -0.25) is 4.90 Å². The lowest BCUT2D eigenvalue weighted by Crippen LogP contribution is -2.49. The molecule has 5 heteroatoms. The first-order valence-electron chi connectivity index (χ1n) is 7.17. The number of morpholine rings is 1. The van der Waals surface area contributed by atoms with Crippen molar-refractivity contribution in [1.29, 1.82) is 0 Å². The molecule has 0 spiro atoms. The highest BCUT2D eigenvalue weighted by atomic mass is 35.5. The van der Waals surface area contributed by atoms with Crippen molar-refractivity contribution < 1.29 is 4.74 Å². The SMILES string of the molecule is CCCNCC1COCCN1Cc1cccc(Cl)c1Cl. The Bertz CT molecular complexity index is 428. The molecule has 3 nitrogen and oxygen atoms in total. The molecule has 1 aromatic rings. The number of nitrogens with one attached hydrogen (secondary N) is 1. The zero-order valence-electron chi connectivity index (χ0n) is 11.9. The average molecular weight is 317 g/mol. The Labute approximate surface area is 131 Å². The van der Waals surface area contributed by atoms with E-state index in [0.29, 0.717) is 16.1 Å². The van der Waals surface area contributed by atoms with Gasteiger partial charge in [0.25, 0.3) is 0 Å². The van der Waals surface area contributed by atoms with Crippen LogP contribution >= 0.6 is 23.2 Å². The van der Waals surface area contributed by atoms with Crippen molar-refractivity contribution in [2.75, 3.05) is 32.8 Å². The van der Waals surface area contributed by atoms with E-state index < -0.39 is 0 Å². The molecule has 1 aliphatic rings. The van der Waals surface area contributed by atoms with Crippen molar-refractivity contribution in [3.05, 3.63) is 33.8 Å². The molecule has 112 valence electrons. The second kappa shape index (κ2) is 8.20. The largest absolute Gasteiger partial charge is 0.378 e. The summed E-state index contributed by atoms with van der Waals surface area (Å²) in [6.07, 6.45) is 1.15. The topological polar surface area (TPSA) is 24.5 Å². The number of rotatable bonds is 6. The molecule has 0 amide bonds. The standard InChI is InChI=1S/C15H22Cl2N2O/c1-2-6-18-9-13-11-20-8-7-19(13)10-12-4-3-5-14(16)15(12)17/h3-5,13,18H,2,6-11H2,1H3. The number of nitrogens with zero attached hydrogens (tertiary/aromatic N) is 1. The summed E-state index contributed by atoms with van der Waals surface area (Å²) in [5.41, 5.74) is 1.08. The number of benzene rings is 1. The van der Waals surface area contributed by atoms with Crippen molar-refractivity contribution in [3.63, 3.8) is 0 Å². The third kappa shape index (κ3) is 4.34. The van der Waals surface area contributed by atoms with Crippen molar-refractivity contribution in [2.24, 2.45) is 0 Å². The predicted molar refractivity (Wildman–Crippen MR) is 84.6 cm³/mol. The summed E-state index contributed by atoms with van der Waals surface area (Å²) < 4.78 is 5.59. The lowest BCUT2D eigenvalue weighted by atomic mass is 10.1. The molecule has 1 aromatic carbocycles. The fourth-order valence-electron chi connectivity index (χ4n) is 2.42. The van der Waals surface area contributed by atoms with Crippen LogP contribution in [0.2, 0.25) is 10.0 Å². The highest BCUT2D eigenvalue weighted by Gasteiger charge is 2.23. The Morgan fingerprint density at radius 2 is 2.25 bits per heavy atom. The Morgan fingerprint density at radius 3 is 3.05 bits per heavy atom. The first-order valence-corrected chi connectivity index (χ1v) is 7.93. The molecule has 1 saturated heterocycles. The van der Waals surface area contributed by atoms with Crippen molar-refractivity contribution in [2.45, 2.75) is 25.9 Å². The minimum absolute atomic E-state index is 0.394. The first kappa shape index (κ1) is 16.1. The van der Waals surface area contributed by atoms with E-state index in [1.54, 1.807) is 0 Å². The van der Waals surface area contributed by atoms with Gasteiger partial charge < -0.3 is 10.1 Å². The summed E-state index contributed by atoms with van der Waals surface area (Å²) in [5.74, 6) is 0. The summed E-state index contributed by atoms with van der Waals surface area (Å²) in [6.45, 7) is 7.47. The summed E-state index contributed by atoms with van der Waals surface area (Å²) in [6, 6.07) is 6.21. The van der Waals surface area contributed by atoms with Gasteiger partial charge in [0, 0.05) is 25.7 Å². The highest BCUT2D eigenvalue weighted by molar-refractivity contribution is 6.42. The summed E-state index contributed by atoms with van der Waals surface area (Å²) in [7, 11) is 0. The average Bonchev–Trinajstić information content (AvgIpc) is 2.46. The third-order valence-electron chi connectivity index (χ3n) is 3.56. The van der Waals surface area contributed by atoms with E-state index in [0.717, 1.165) is 51.4 Å². The van der Waals surface area contributed by atoms with Crippen LogP contribution in [0.15, 0.2) is 18.2 Å². The molecule has 2 rings (SSSR count). The second-order valence-electron chi connectivity index (χ2n) is 5.12. The summed E-state index contributed by atoms with van der Waals surface area (Å²) >= 11 is 12.4. The van der Waals surface area contributed by atoms with E-state index in [1.807, 2.05) is 18.2 Å². The van der Waals surface area contributed by atoms with Crippen LogP contribution in [0.1, 0.15) is 18.9 Å². The van der Waals surface area contributed by atoms with Gasteiger partial charge in [-0.1, -0.05) is 42.3 Å². The third-order valence-corrected chi connectivity index (χ3v) is 4.42. The summed E-state index contributed by atoms with van der Waals surface area (Å²) in [5, 5.41) is 4.76. The zero-order chi connectivity index (χ0) is 14.4. The van der Waals surface area contributed by atoms with Crippen molar-refractivity contribution >= 4 is 23.2 Å². The molecule has 0 saturated carbocycles. The fraction of sp³-hybridized carbons (Fsp3) is 0.600. The van der Waals surface area contributed by atoms with Crippen LogP contribution in [0.5, 0.6) is 0 Å². The van der Waals surface area contributed by atoms with Gasteiger partial charge in [-0.15, -0.1) is 0 Å². The van der Waals surface area contributed by atoms with E-state index in [4.69, 9.17) is 27.9 Å². The van der Waals surface area contributed by atoms with Crippen molar-refractivity contribution in [3.8, 4) is 0 Å². The number of halogens is 2. The van der Waals surface area contributed by atoms with Gasteiger partial charge >= 0.3 is 0 Å². The minimum atomic E-state index is 0.394. The van der Waals surface area contributed by atoms with Crippen molar-refractivity contribution in [1.82, 2.24) is 10.2 Å². The Hall–Kier alpha value is -0.320. The van der Waals surface area contributed by atoms with Gasteiger partial charge in [0.2, 0.25) is 0 Å². The molecular formula is C15H22Cl2N2O. The highest BCUT2D eigenvalue weighted by Crippen LogP contribution is 2.27. The molecule has 1 fully saturated rings. The molecule has 1 atom stereocenters. The molecule has 0 aliphatic carbocycles. The fourth-order valence-corrected chi connectivity index (χ4v) is 2.80. The van der Waals surface area contributed by atoms with Gasteiger partial charge in [0.05, 0.1) is 23.3 Å². The Kier molecular flexibility index (Phi) is 6.59. The molecule has 0 radical (unpaired) electrons. The van der Waals surface area contributed by atoms with Crippen LogP contribution in [-0.4, -0.2) is 43.8 Å². The maximum Gasteiger partial charge on any atom is 0.0637 e. The minimum Gasteiger partial charge on any atom is -0.378 e. The van der Waals surface area contributed by atoms with E-state index in [-0.39, 0.29) is 0 Å². The first-order chi connectivity index (χ1) is 9.72. The Morgan fingerprint density at radius 1 is 1.40 bits per heavy atom. The zero-order valence-corrected chi connectivity index (χ0v) is 13.4. The molecule has 1 heterocycles. The number of ether oxygens (including phenoxy) is 1. The van der Waals surface area contributed by atoms with Crippen LogP contribution in [0.4, 0.5) is 0 Å². The molecule has 20 heavy (non-hydrogen) atoms. The van der Waals surface area contributed by atoms with Gasteiger partial charge in [0.1, 0.15) is 0 Å². The maximum absolute atomic E-state index is 6.28. The van der Waals surface area contributed by atoms with Crippen LogP contribution in [0, 0.1) is 0 Å². The summed E-state index contributed by atoms with van der Waals surface area (Å²) in [4.78, 5) is 2.42. The molecule has 1 aliphatic heterocycles. The van der Waals surface area contributed by atoms with Gasteiger partial charge in [-0.05, 0) is 24.6 Å². The molecule has 0 aromatic heterocycles. The van der Waals surface area contributed by atoms with Gasteiger partial charge in [-0.2, -0.15) is 0 Å². The van der Waals surface area contributed by atoms with Gasteiger partial charge in [0.15, 0.2) is 0 Å². The predicted octanol–water partition coefficient (Wildman–Crippen LogP) is 3.19. The lowest BCUT2D eigenvalue weighted by molar-refractivity contribution is -0.0108. The normalized spacial score (nSPS) is 20.2. The van der Waals surface area contributed by atoms with E-state index in [2.05, 4.69) is 17.1 Å². The Balaban J connectivity index is 1.99. The monoisotopic (exact) mass is 316 g/mol. The maximum atomic E-state index is 6.28.